The van der Waals surface area contributed by atoms with Crippen molar-refractivity contribution in [2.45, 2.75) is 32.1 Å². The maximum absolute atomic E-state index is 14.8. The minimum atomic E-state index is -0.541. The number of amides is 1. The van der Waals surface area contributed by atoms with Crippen molar-refractivity contribution in [2.24, 2.45) is 18.9 Å². The highest BCUT2D eigenvalue weighted by atomic mass is 19.1. The van der Waals surface area contributed by atoms with Crippen LogP contribution in [0.3, 0.4) is 0 Å². The Bertz CT molecular complexity index is 1320. The molecule has 2 fully saturated rings. The molecule has 3 aliphatic heterocycles. The normalized spacial score (nSPS) is 20.4. The number of aromatic nitrogens is 4. The molecule has 1 atom stereocenters. The molecule has 38 heavy (non-hydrogen) atoms. The quantitative estimate of drug-likeness (QED) is 0.515. The van der Waals surface area contributed by atoms with Gasteiger partial charge in [-0.2, -0.15) is 0 Å². The topological polar surface area (TPSA) is 91.2 Å². The molecule has 0 bridgehead atoms. The lowest BCUT2D eigenvalue weighted by atomic mass is 9.86. The Morgan fingerprint density at radius 1 is 1.08 bits per heavy atom. The van der Waals surface area contributed by atoms with E-state index < -0.39 is 5.82 Å². The Labute approximate surface area is 222 Å². The third-order valence-electron chi connectivity index (χ3n) is 8.36. The van der Waals surface area contributed by atoms with E-state index in [1.165, 1.54) is 38.8 Å². The molecule has 2 saturated heterocycles. The molecule has 0 radical (unpaired) electrons. The number of nitrogens with zero attached hydrogens (tertiary/aromatic N) is 6. The molecular weight excluding hydrogens is 483 g/mol. The number of hydrogen-bond acceptors (Lipinski definition) is 7. The monoisotopic (exact) mass is 518 g/mol. The van der Waals surface area contributed by atoms with Gasteiger partial charge < -0.3 is 25.0 Å². The Balaban J connectivity index is 1.10. The van der Waals surface area contributed by atoms with Crippen LogP contribution < -0.4 is 15.5 Å². The first kappa shape index (κ1) is 24.8. The summed E-state index contributed by atoms with van der Waals surface area (Å²) < 4.78 is 16.6. The molecule has 6 rings (SSSR count). The summed E-state index contributed by atoms with van der Waals surface area (Å²) in [4.78, 5) is 30.2. The van der Waals surface area contributed by atoms with Crippen molar-refractivity contribution < 1.29 is 9.18 Å². The number of anilines is 3. The fourth-order valence-corrected chi connectivity index (χ4v) is 6.24. The first-order valence-corrected chi connectivity index (χ1v) is 13.6. The summed E-state index contributed by atoms with van der Waals surface area (Å²) in [6, 6.07) is 5.67. The highest BCUT2D eigenvalue weighted by molar-refractivity contribution is 5.97. The highest BCUT2D eigenvalue weighted by Crippen LogP contribution is 2.31. The zero-order valence-corrected chi connectivity index (χ0v) is 22.1. The lowest BCUT2D eigenvalue weighted by molar-refractivity contribution is 0.0945. The number of nitrogens with one attached hydrogen (secondary N) is 2. The number of carbonyl (C=O) groups is 1. The van der Waals surface area contributed by atoms with Crippen molar-refractivity contribution in [3.8, 4) is 11.4 Å². The average molecular weight is 519 g/mol. The van der Waals surface area contributed by atoms with E-state index in [1.54, 1.807) is 6.07 Å². The van der Waals surface area contributed by atoms with E-state index in [9.17, 15) is 9.18 Å². The molecule has 9 nitrogen and oxygen atoms in total. The lowest BCUT2D eigenvalue weighted by Crippen LogP contribution is -2.34. The Morgan fingerprint density at radius 2 is 1.89 bits per heavy atom. The summed E-state index contributed by atoms with van der Waals surface area (Å²) in [7, 11) is 4.06. The molecule has 3 aliphatic rings. The Kier molecular flexibility index (Phi) is 6.73. The summed E-state index contributed by atoms with van der Waals surface area (Å²) in [6.45, 7) is 5.19. The summed E-state index contributed by atoms with van der Waals surface area (Å²) in [6.07, 6.45) is 8.90. The number of piperidine rings is 1. The number of halogens is 1. The van der Waals surface area contributed by atoms with E-state index in [-0.39, 0.29) is 17.5 Å². The van der Waals surface area contributed by atoms with E-state index in [4.69, 9.17) is 0 Å². The van der Waals surface area contributed by atoms with Crippen molar-refractivity contribution in [1.82, 2.24) is 29.7 Å². The van der Waals surface area contributed by atoms with Crippen molar-refractivity contribution >= 4 is 23.4 Å². The summed E-state index contributed by atoms with van der Waals surface area (Å²) in [5, 5.41) is 5.93. The Morgan fingerprint density at radius 3 is 2.61 bits per heavy atom. The average Bonchev–Trinajstić information content (AvgIpc) is 3.49. The minimum absolute atomic E-state index is 0.143. The van der Waals surface area contributed by atoms with Gasteiger partial charge in [-0.05, 0) is 69.3 Å². The van der Waals surface area contributed by atoms with Crippen molar-refractivity contribution in [1.29, 1.82) is 0 Å². The maximum Gasteiger partial charge on any atom is 0.253 e. The van der Waals surface area contributed by atoms with Gasteiger partial charge in [-0.1, -0.05) is 0 Å². The molecule has 10 heteroatoms. The van der Waals surface area contributed by atoms with Crippen LogP contribution in [0, 0.1) is 17.7 Å². The van der Waals surface area contributed by atoms with Crippen LogP contribution in [0.25, 0.3) is 11.4 Å². The van der Waals surface area contributed by atoms with Crippen molar-refractivity contribution in [3.63, 3.8) is 0 Å². The van der Waals surface area contributed by atoms with Crippen molar-refractivity contribution in [2.75, 3.05) is 50.0 Å². The third-order valence-corrected chi connectivity index (χ3v) is 8.36. The second-order valence-electron chi connectivity index (χ2n) is 11.0. The van der Waals surface area contributed by atoms with E-state index in [2.05, 4.69) is 48.5 Å². The van der Waals surface area contributed by atoms with Crippen LogP contribution in [0.1, 0.15) is 41.7 Å². The molecule has 0 saturated carbocycles. The molecule has 3 aromatic heterocycles. The second-order valence-corrected chi connectivity index (χ2v) is 11.0. The van der Waals surface area contributed by atoms with Crippen LogP contribution in [0.4, 0.5) is 21.8 Å². The standard InChI is InChI=1S/C28H35FN8O/c1-35-10-6-19(17-35)13-18-7-11-37(12-8-18)20-3-4-25(31-15-20)33-28-32-16-22(29)26(34-28)24-14-21-23(36(24)2)5-9-30-27(21)38/h3-4,14-16,18-19H,5-13,17H2,1-2H3,(H,30,38)(H,31,32,33,34). The molecule has 2 N–H and O–H groups in total. The maximum atomic E-state index is 14.8. The van der Waals surface area contributed by atoms with E-state index in [0.29, 0.717) is 30.0 Å². The molecule has 6 heterocycles. The summed E-state index contributed by atoms with van der Waals surface area (Å²) in [5.41, 5.74) is 3.25. The predicted octanol–water partition coefficient (Wildman–Crippen LogP) is 3.60. The predicted molar refractivity (Wildman–Crippen MR) is 145 cm³/mol. The largest absolute Gasteiger partial charge is 0.370 e. The molecule has 1 amide bonds. The first-order chi connectivity index (χ1) is 18.4. The number of carbonyl (C=O) groups excluding carboxylic acids is 1. The van der Waals surface area contributed by atoms with Gasteiger partial charge in [0.2, 0.25) is 5.95 Å². The molecule has 1 unspecified atom stereocenters. The summed E-state index contributed by atoms with van der Waals surface area (Å²) >= 11 is 0. The van der Waals surface area contributed by atoms with Gasteiger partial charge in [-0.3, -0.25) is 4.79 Å². The highest BCUT2D eigenvalue weighted by Gasteiger charge is 2.27. The lowest BCUT2D eigenvalue weighted by Gasteiger charge is -2.34. The van der Waals surface area contributed by atoms with Crippen LogP contribution in [0.15, 0.2) is 30.6 Å². The molecule has 0 aliphatic carbocycles. The number of likely N-dealkylation sites (tertiary alicyclic amines) is 1. The summed E-state index contributed by atoms with van der Waals surface area (Å²) in [5.74, 6) is 1.85. The first-order valence-electron chi connectivity index (χ1n) is 13.6. The van der Waals surface area contributed by atoms with Gasteiger partial charge in [0.1, 0.15) is 11.5 Å². The second kappa shape index (κ2) is 10.3. The van der Waals surface area contributed by atoms with E-state index in [1.807, 2.05) is 23.9 Å². The van der Waals surface area contributed by atoms with E-state index >= 15 is 0 Å². The van der Waals surface area contributed by atoms with Gasteiger partial charge in [0.05, 0.1) is 29.3 Å². The molecule has 0 aromatic carbocycles. The molecule has 200 valence electrons. The van der Waals surface area contributed by atoms with Gasteiger partial charge in [0.15, 0.2) is 5.82 Å². The zero-order valence-electron chi connectivity index (χ0n) is 22.1. The fraction of sp³-hybridized carbons (Fsp3) is 0.500. The number of fused-ring (bicyclic) bond motifs is 1. The van der Waals surface area contributed by atoms with Crippen LogP contribution in [0.5, 0.6) is 0 Å². The number of hydrogen-bond donors (Lipinski definition) is 2. The van der Waals surface area contributed by atoms with Crippen LogP contribution in [-0.2, 0) is 13.5 Å². The molecule has 3 aromatic rings. The van der Waals surface area contributed by atoms with Crippen LogP contribution >= 0.6 is 0 Å². The minimum Gasteiger partial charge on any atom is -0.370 e. The van der Waals surface area contributed by atoms with E-state index in [0.717, 1.165) is 42.5 Å². The van der Waals surface area contributed by atoms with Gasteiger partial charge in [-0.15, -0.1) is 0 Å². The van der Waals surface area contributed by atoms with Gasteiger partial charge in [0, 0.05) is 45.3 Å². The van der Waals surface area contributed by atoms with Gasteiger partial charge >= 0.3 is 0 Å². The zero-order chi connectivity index (χ0) is 26.2. The smallest absolute Gasteiger partial charge is 0.253 e. The third kappa shape index (κ3) is 4.97. The van der Waals surface area contributed by atoms with Gasteiger partial charge in [0.25, 0.3) is 5.91 Å². The molecular formula is C28H35FN8O. The van der Waals surface area contributed by atoms with Crippen LogP contribution in [-0.4, -0.2) is 70.1 Å². The van der Waals surface area contributed by atoms with Gasteiger partial charge in [-0.25, -0.2) is 19.3 Å². The number of rotatable bonds is 6. The Hall–Kier alpha value is -3.53. The van der Waals surface area contributed by atoms with Crippen LogP contribution in [0.2, 0.25) is 0 Å². The van der Waals surface area contributed by atoms with Crippen molar-refractivity contribution in [3.05, 3.63) is 47.7 Å². The SMILES string of the molecule is CN1CCC(CC2CCN(c3ccc(Nc4ncc(F)c(-c5cc6c(n5C)CCNC6=O)n4)nc3)CC2)C1. The number of pyridine rings is 1. The molecule has 0 spiro atoms. The fourth-order valence-electron chi connectivity index (χ4n) is 6.24.